The molecule has 0 saturated carbocycles. The van der Waals surface area contributed by atoms with E-state index in [4.69, 9.17) is 9.47 Å². The Morgan fingerprint density at radius 3 is 2.10 bits per heavy atom. The van der Waals surface area contributed by atoms with Crippen molar-refractivity contribution in [2.24, 2.45) is 0 Å². The van der Waals surface area contributed by atoms with Crippen LogP contribution in [0.2, 0.25) is 0 Å². The van der Waals surface area contributed by atoms with Gasteiger partial charge in [0.2, 0.25) is 0 Å². The second-order valence-corrected chi connectivity index (χ2v) is 5.34. The van der Waals surface area contributed by atoms with Crippen LogP contribution in [0.1, 0.15) is 27.8 Å². The highest BCUT2D eigenvalue weighted by Gasteiger charge is 2.07. The van der Waals surface area contributed by atoms with Gasteiger partial charge in [-0.25, -0.2) is 0 Å². The van der Waals surface area contributed by atoms with Crippen LogP contribution in [0.5, 0.6) is 0 Å². The molecule has 0 bridgehead atoms. The highest BCUT2D eigenvalue weighted by molar-refractivity contribution is 5.44. The maximum absolute atomic E-state index is 5.70. The van der Waals surface area contributed by atoms with Crippen molar-refractivity contribution in [1.29, 1.82) is 0 Å². The lowest BCUT2D eigenvalue weighted by molar-refractivity contribution is 0.135. The molecule has 0 fully saturated rings. The van der Waals surface area contributed by atoms with Gasteiger partial charge in [-0.15, -0.1) is 0 Å². The predicted octanol–water partition coefficient (Wildman–Crippen LogP) is 2.72. The van der Waals surface area contributed by atoms with E-state index in [1.165, 1.54) is 27.8 Å². The van der Waals surface area contributed by atoms with E-state index in [0.29, 0.717) is 0 Å². The monoisotopic (exact) mass is 279 g/mol. The summed E-state index contributed by atoms with van der Waals surface area (Å²) >= 11 is 0. The molecule has 0 aromatic heterocycles. The normalized spacial score (nSPS) is 11.1. The molecule has 0 unspecified atom stereocenters. The molecule has 1 aromatic carbocycles. The van der Waals surface area contributed by atoms with E-state index >= 15 is 0 Å². The molecule has 3 heteroatoms. The summed E-state index contributed by atoms with van der Waals surface area (Å²) in [5.41, 5.74) is 7.04. The average molecular weight is 279 g/mol. The average Bonchev–Trinajstić information content (AvgIpc) is 2.43. The number of rotatable bonds is 9. The third kappa shape index (κ3) is 5.23. The van der Waals surface area contributed by atoms with E-state index in [1.54, 1.807) is 7.11 Å². The van der Waals surface area contributed by atoms with Gasteiger partial charge in [0.1, 0.15) is 0 Å². The highest BCUT2D eigenvalue weighted by Crippen LogP contribution is 2.21. The first-order chi connectivity index (χ1) is 9.57. The molecule has 0 aliphatic rings. The highest BCUT2D eigenvalue weighted by atomic mass is 16.5. The molecular weight excluding hydrogens is 250 g/mol. The summed E-state index contributed by atoms with van der Waals surface area (Å²) in [5.74, 6) is 0. The maximum atomic E-state index is 5.70. The molecule has 1 N–H and O–H groups in total. The first-order valence-electron chi connectivity index (χ1n) is 7.41. The summed E-state index contributed by atoms with van der Waals surface area (Å²) in [6, 6.07) is 2.27. The Balaban J connectivity index is 2.32. The lowest BCUT2D eigenvalue weighted by atomic mass is 9.92. The van der Waals surface area contributed by atoms with Crippen LogP contribution in [0, 0.1) is 27.7 Å². The quantitative estimate of drug-likeness (QED) is 0.705. The number of methoxy groups -OCH3 is 1. The van der Waals surface area contributed by atoms with Gasteiger partial charge in [-0.05, 0) is 61.9 Å². The Kier molecular flexibility index (Phi) is 7.82. The minimum Gasteiger partial charge on any atom is -0.383 e. The Labute approximate surface area is 123 Å². The van der Waals surface area contributed by atoms with Crippen molar-refractivity contribution in [3.05, 3.63) is 33.9 Å². The minimum absolute atomic E-state index is 0.751. The molecule has 1 aromatic rings. The summed E-state index contributed by atoms with van der Waals surface area (Å²) in [5, 5.41) is 3.28. The topological polar surface area (TPSA) is 30.5 Å². The molecule has 1 rings (SSSR count). The Bertz CT molecular complexity index is 390. The van der Waals surface area contributed by atoms with Crippen molar-refractivity contribution in [2.45, 2.75) is 34.1 Å². The molecule has 114 valence electrons. The van der Waals surface area contributed by atoms with Crippen molar-refractivity contribution in [1.82, 2.24) is 5.32 Å². The van der Waals surface area contributed by atoms with Gasteiger partial charge >= 0.3 is 0 Å². The Morgan fingerprint density at radius 1 is 0.900 bits per heavy atom. The largest absolute Gasteiger partial charge is 0.383 e. The Hall–Kier alpha value is -0.900. The van der Waals surface area contributed by atoms with Crippen LogP contribution in [0.25, 0.3) is 0 Å². The van der Waals surface area contributed by atoms with Crippen LogP contribution in [-0.4, -0.2) is 40.0 Å². The van der Waals surface area contributed by atoms with Gasteiger partial charge in [0.15, 0.2) is 0 Å². The van der Waals surface area contributed by atoms with Gasteiger partial charge in [0.25, 0.3) is 0 Å². The van der Waals surface area contributed by atoms with E-state index in [1.807, 2.05) is 0 Å². The van der Waals surface area contributed by atoms with Crippen LogP contribution in [0.4, 0.5) is 0 Å². The van der Waals surface area contributed by atoms with E-state index in [0.717, 1.165) is 39.3 Å². The van der Waals surface area contributed by atoms with Gasteiger partial charge in [0.05, 0.1) is 19.8 Å². The molecule has 20 heavy (non-hydrogen) atoms. The molecule has 0 atom stereocenters. The van der Waals surface area contributed by atoms with Gasteiger partial charge in [-0.1, -0.05) is 6.07 Å². The molecule has 0 heterocycles. The third-order valence-corrected chi connectivity index (χ3v) is 3.92. The van der Waals surface area contributed by atoms with E-state index < -0.39 is 0 Å². The second kappa shape index (κ2) is 9.11. The summed E-state index contributed by atoms with van der Waals surface area (Å²) < 4.78 is 10.7. The SMILES string of the molecule is COCCNCCOCCc1c(C)c(C)cc(C)c1C. The molecule has 0 radical (unpaired) electrons. The van der Waals surface area contributed by atoms with Gasteiger partial charge in [-0.2, -0.15) is 0 Å². The first-order valence-corrected chi connectivity index (χ1v) is 7.41. The molecular formula is C17H29NO2. The molecule has 0 amide bonds. The molecule has 0 spiro atoms. The lowest BCUT2D eigenvalue weighted by Crippen LogP contribution is -2.24. The van der Waals surface area contributed by atoms with Gasteiger partial charge < -0.3 is 14.8 Å². The molecule has 3 nitrogen and oxygen atoms in total. The zero-order valence-electron chi connectivity index (χ0n) is 13.6. The second-order valence-electron chi connectivity index (χ2n) is 5.34. The Morgan fingerprint density at radius 2 is 1.50 bits per heavy atom. The lowest BCUT2D eigenvalue weighted by Gasteiger charge is -2.15. The van der Waals surface area contributed by atoms with Crippen molar-refractivity contribution >= 4 is 0 Å². The zero-order chi connectivity index (χ0) is 15.0. The van der Waals surface area contributed by atoms with Gasteiger partial charge in [0, 0.05) is 20.2 Å². The van der Waals surface area contributed by atoms with Crippen LogP contribution in [0.15, 0.2) is 6.07 Å². The van der Waals surface area contributed by atoms with Gasteiger partial charge in [-0.3, -0.25) is 0 Å². The fourth-order valence-corrected chi connectivity index (χ4v) is 2.39. The van der Waals surface area contributed by atoms with E-state index in [-0.39, 0.29) is 0 Å². The van der Waals surface area contributed by atoms with Crippen LogP contribution in [-0.2, 0) is 15.9 Å². The van der Waals surface area contributed by atoms with Crippen LogP contribution < -0.4 is 5.32 Å². The molecule has 0 aliphatic heterocycles. The van der Waals surface area contributed by atoms with Crippen LogP contribution >= 0.6 is 0 Å². The van der Waals surface area contributed by atoms with E-state index in [9.17, 15) is 0 Å². The molecule has 0 aliphatic carbocycles. The number of hydrogen-bond donors (Lipinski definition) is 1. The molecule has 0 saturated heterocycles. The van der Waals surface area contributed by atoms with Crippen molar-refractivity contribution in [2.75, 3.05) is 40.0 Å². The number of nitrogens with one attached hydrogen (secondary N) is 1. The number of ether oxygens (including phenoxy) is 2. The van der Waals surface area contributed by atoms with Crippen molar-refractivity contribution in [3.63, 3.8) is 0 Å². The number of aryl methyl sites for hydroxylation is 2. The third-order valence-electron chi connectivity index (χ3n) is 3.92. The fraction of sp³-hybridized carbons (Fsp3) is 0.647. The fourth-order valence-electron chi connectivity index (χ4n) is 2.39. The first kappa shape index (κ1) is 17.2. The van der Waals surface area contributed by atoms with E-state index in [2.05, 4.69) is 39.1 Å². The summed E-state index contributed by atoms with van der Waals surface area (Å²) in [6.07, 6.45) is 0.998. The van der Waals surface area contributed by atoms with Crippen molar-refractivity contribution < 1.29 is 9.47 Å². The minimum atomic E-state index is 0.751. The number of benzene rings is 1. The smallest absolute Gasteiger partial charge is 0.0591 e. The summed E-state index contributed by atoms with van der Waals surface area (Å²) in [7, 11) is 1.71. The standard InChI is InChI=1S/C17H29NO2/c1-13-12-14(2)16(4)17(15(13)3)6-9-20-11-8-18-7-10-19-5/h12,18H,6-11H2,1-5H3. The maximum Gasteiger partial charge on any atom is 0.0591 e. The van der Waals surface area contributed by atoms with Crippen molar-refractivity contribution in [3.8, 4) is 0 Å². The number of hydrogen-bond acceptors (Lipinski definition) is 3. The summed E-state index contributed by atoms with van der Waals surface area (Å²) in [4.78, 5) is 0. The zero-order valence-corrected chi connectivity index (χ0v) is 13.6. The summed E-state index contributed by atoms with van der Waals surface area (Å²) in [6.45, 7) is 12.9. The van der Waals surface area contributed by atoms with Crippen LogP contribution in [0.3, 0.4) is 0 Å². The predicted molar refractivity (Wildman–Crippen MR) is 84.7 cm³/mol.